The van der Waals surface area contributed by atoms with Crippen molar-refractivity contribution >= 4 is 17.9 Å². The van der Waals surface area contributed by atoms with Gasteiger partial charge in [0.1, 0.15) is 17.7 Å². The first-order chi connectivity index (χ1) is 14.6. The SMILES string of the molecule is CCCC(CO)Oc1nc(N)c(C=N)c(NCc2ccc(CN3CCCC3)cc2)n1. The molecule has 1 fully saturated rings. The van der Waals surface area contributed by atoms with E-state index in [9.17, 15) is 5.11 Å². The van der Waals surface area contributed by atoms with Crippen molar-refractivity contribution in [3.05, 3.63) is 41.0 Å². The Morgan fingerprint density at radius 3 is 2.57 bits per heavy atom. The van der Waals surface area contributed by atoms with Gasteiger partial charge in [-0.1, -0.05) is 37.6 Å². The topological polar surface area (TPSA) is 120 Å². The lowest BCUT2D eigenvalue weighted by Crippen LogP contribution is -2.22. The Morgan fingerprint density at radius 2 is 1.93 bits per heavy atom. The second-order valence-electron chi connectivity index (χ2n) is 7.66. The van der Waals surface area contributed by atoms with E-state index in [1.165, 1.54) is 31.5 Å². The third-order valence-corrected chi connectivity index (χ3v) is 5.27. The summed E-state index contributed by atoms with van der Waals surface area (Å²) in [6.45, 7) is 5.81. The van der Waals surface area contributed by atoms with Crippen molar-refractivity contribution in [2.24, 2.45) is 0 Å². The number of benzene rings is 1. The minimum atomic E-state index is -0.378. The van der Waals surface area contributed by atoms with E-state index in [1.807, 2.05) is 6.92 Å². The van der Waals surface area contributed by atoms with Crippen molar-refractivity contribution in [3.63, 3.8) is 0 Å². The number of aliphatic hydroxyl groups is 1. The van der Waals surface area contributed by atoms with E-state index in [4.69, 9.17) is 15.9 Å². The van der Waals surface area contributed by atoms with Crippen LogP contribution in [0.15, 0.2) is 24.3 Å². The Balaban J connectivity index is 1.66. The summed E-state index contributed by atoms with van der Waals surface area (Å²) in [7, 11) is 0. The summed E-state index contributed by atoms with van der Waals surface area (Å²) < 4.78 is 5.68. The predicted octanol–water partition coefficient (Wildman–Crippen LogP) is 2.80. The molecular formula is C22H32N6O2. The molecule has 3 rings (SSSR count). The van der Waals surface area contributed by atoms with Crippen molar-refractivity contribution in [1.82, 2.24) is 14.9 Å². The summed E-state index contributed by atoms with van der Waals surface area (Å²) in [4.78, 5) is 11.0. The third kappa shape index (κ3) is 5.90. The average molecular weight is 413 g/mol. The first-order valence-electron chi connectivity index (χ1n) is 10.6. The third-order valence-electron chi connectivity index (χ3n) is 5.27. The number of aliphatic hydroxyl groups excluding tert-OH is 1. The summed E-state index contributed by atoms with van der Waals surface area (Å²) in [5, 5.41) is 20.3. The van der Waals surface area contributed by atoms with Crippen LogP contribution in [0.1, 0.15) is 49.3 Å². The van der Waals surface area contributed by atoms with Gasteiger partial charge in [-0.05, 0) is 43.5 Å². The van der Waals surface area contributed by atoms with Gasteiger partial charge in [-0.15, -0.1) is 0 Å². The van der Waals surface area contributed by atoms with Crippen molar-refractivity contribution in [2.45, 2.75) is 51.8 Å². The van der Waals surface area contributed by atoms with Crippen LogP contribution in [0.3, 0.4) is 0 Å². The molecule has 8 nitrogen and oxygen atoms in total. The molecule has 5 N–H and O–H groups in total. The number of aromatic nitrogens is 2. The van der Waals surface area contributed by atoms with Crippen molar-refractivity contribution in [3.8, 4) is 6.01 Å². The summed E-state index contributed by atoms with van der Waals surface area (Å²) in [6.07, 6.45) is 4.91. The smallest absolute Gasteiger partial charge is 0.320 e. The highest BCUT2D eigenvalue weighted by atomic mass is 16.5. The number of rotatable bonds is 11. The van der Waals surface area contributed by atoms with Crippen LogP contribution in [0.2, 0.25) is 0 Å². The van der Waals surface area contributed by atoms with Gasteiger partial charge in [0.05, 0.1) is 12.2 Å². The fourth-order valence-corrected chi connectivity index (χ4v) is 3.60. The van der Waals surface area contributed by atoms with Crippen LogP contribution in [-0.4, -0.2) is 52.0 Å². The molecule has 0 radical (unpaired) electrons. The van der Waals surface area contributed by atoms with Crippen molar-refractivity contribution in [2.75, 3.05) is 30.7 Å². The molecule has 2 heterocycles. The number of nitrogens with one attached hydrogen (secondary N) is 2. The Kier molecular flexibility index (Phi) is 7.98. The lowest BCUT2D eigenvalue weighted by molar-refractivity contribution is 0.0991. The molecule has 1 aromatic heterocycles. The fourth-order valence-electron chi connectivity index (χ4n) is 3.60. The molecule has 30 heavy (non-hydrogen) atoms. The second kappa shape index (κ2) is 10.9. The standard InChI is InChI=1S/C22H32N6O2/c1-2-5-18(15-29)30-22-26-20(24)19(12-23)21(27-22)25-13-16-6-8-17(9-7-16)14-28-10-3-4-11-28/h6-9,12,18,23,29H,2-5,10-11,13-15H2,1H3,(H3,24,25,26,27). The number of hydrogen-bond donors (Lipinski definition) is 4. The van der Waals surface area contributed by atoms with E-state index in [0.717, 1.165) is 24.7 Å². The van der Waals surface area contributed by atoms with Crippen LogP contribution < -0.4 is 15.8 Å². The van der Waals surface area contributed by atoms with E-state index in [2.05, 4.69) is 44.5 Å². The minimum Gasteiger partial charge on any atom is -0.458 e. The molecule has 1 atom stereocenters. The molecule has 1 unspecified atom stereocenters. The van der Waals surface area contributed by atoms with Crippen molar-refractivity contribution < 1.29 is 9.84 Å². The van der Waals surface area contributed by atoms with Gasteiger partial charge in [-0.2, -0.15) is 9.97 Å². The van der Waals surface area contributed by atoms with Gasteiger partial charge in [0.2, 0.25) is 0 Å². The minimum absolute atomic E-state index is 0.106. The zero-order valence-electron chi connectivity index (χ0n) is 17.6. The Labute approximate surface area is 178 Å². The van der Waals surface area contributed by atoms with E-state index in [0.29, 0.717) is 24.3 Å². The van der Waals surface area contributed by atoms with Crippen LogP contribution in [0.4, 0.5) is 11.6 Å². The summed E-state index contributed by atoms with van der Waals surface area (Å²) in [5.74, 6) is 0.619. The Morgan fingerprint density at radius 1 is 1.23 bits per heavy atom. The number of anilines is 2. The maximum atomic E-state index is 9.46. The van der Waals surface area contributed by atoms with Gasteiger partial charge >= 0.3 is 6.01 Å². The zero-order chi connectivity index (χ0) is 21.3. The molecular weight excluding hydrogens is 380 g/mol. The second-order valence-corrected chi connectivity index (χ2v) is 7.66. The molecule has 1 aliphatic rings. The number of nitrogens with two attached hydrogens (primary N) is 1. The molecule has 2 aromatic rings. The normalized spacial score (nSPS) is 15.1. The van der Waals surface area contributed by atoms with Gasteiger partial charge in [0, 0.05) is 19.3 Å². The molecule has 0 saturated carbocycles. The van der Waals surface area contributed by atoms with Gasteiger partial charge in [0.15, 0.2) is 0 Å². The molecule has 0 amide bonds. The maximum absolute atomic E-state index is 9.46. The summed E-state index contributed by atoms with van der Waals surface area (Å²) in [5.41, 5.74) is 8.84. The monoisotopic (exact) mass is 412 g/mol. The molecule has 1 aliphatic heterocycles. The molecule has 0 bridgehead atoms. The molecule has 8 heteroatoms. The van der Waals surface area contributed by atoms with E-state index in [1.54, 1.807) is 0 Å². The first kappa shape index (κ1) is 22.0. The quantitative estimate of drug-likeness (QED) is 0.419. The highest BCUT2D eigenvalue weighted by Gasteiger charge is 2.16. The molecule has 0 aliphatic carbocycles. The summed E-state index contributed by atoms with van der Waals surface area (Å²) >= 11 is 0. The van der Waals surface area contributed by atoms with Crippen molar-refractivity contribution in [1.29, 1.82) is 5.41 Å². The van der Waals surface area contributed by atoms with Gasteiger partial charge in [0.25, 0.3) is 0 Å². The predicted molar refractivity (Wildman–Crippen MR) is 119 cm³/mol. The number of nitrogen functional groups attached to an aromatic ring is 1. The van der Waals surface area contributed by atoms with E-state index >= 15 is 0 Å². The lowest BCUT2D eigenvalue weighted by atomic mass is 10.1. The molecule has 162 valence electrons. The zero-order valence-corrected chi connectivity index (χ0v) is 17.6. The van der Waals surface area contributed by atoms with Crippen LogP contribution in [0, 0.1) is 5.41 Å². The van der Waals surface area contributed by atoms with Crippen LogP contribution in [-0.2, 0) is 13.1 Å². The molecule has 1 aromatic carbocycles. The van der Waals surface area contributed by atoms with Gasteiger partial charge < -0.3 is 26.3 Å². The van der Waals surface area contributed by atoms with Gasteiger partial charge in [-0.25, -0.2) is 0 Å². The molecule has 1 saturated heterocycles. The van der Waals surface area contributed by atoms with Crippen LogP contribution in [0.25, 0.3) is 0 Å². The number of likely N-dealkylation sites (tertiary alicyclic amines) is 1. The molecule has 0 spiro atoms. The van der Waals surface area contributed by atoms with E-state index in [-0.39, 0.29) is 24.5 Å². The largest absolute Gasteiger partial charge is 0.458 e. The van der Waals surface area contributed by atoms with Gasteiger partial charge in [-0.3, -0.25) is 4.90 Å². The Hall–Kier alpha value is -2.71. The maximum Gasteiger partial charge on any atom is 0.320 e. The van der Waals surface area contributed by atoms with E-state index < -0.39 is 0 Å². The lowest BCUT2D eigenvalue weighted by Gasteiger charge is -2.17. The average Bonchev–Trinajstić information content (AvgIpc) is 3.26. The number of hydrogen-bond acceptors (Lipinski definition) is 8. The highest BCUT2D eigenvalue weighted by Crippen LogP contribution is 2.22. The summed E-state index contributed by atoms with van der Waals surface area (Å²) in [6, 6.07) is 8.63. The number of nitrogens with zero attached hydrogens (tertiary/aromatic N) is 3. The van der Waals surface area contributed by atoms with Crippen LogP contribution >= 0.6 is 0 Å². The number of ether oxygens (including phenoxy) is 1. The fraction of sp³-hybridized carbons (Fsp3) is 0.500. The van der Waals surface area contributed by atoms with Crippen LogP contribution in [0.5, 0.6) is 6.01 Å². The first-order valence-corrected chi connectivity index (χ1v) is 10.6. The Bertz CT molecular complexity index is 821. The highest BCUT2D eigenvalue weighted by molar-refractivity contribution is 5.90.